The molecule has 1 fully saturated rings. The van der Waals surface area contributed by atoms with Gasteiger partial charge >= 0.3 is 0 Å². The highest BCUT2D eigenvalue weighted by Crippen LogP contribution is 2.34. The van der Waals surface area contributed by atoms with Crippen molar-refractivity contribution in [2.75, 3.05) is 13.1 Å². The van der Waals surface area contributed by atoms with Crippen LogP contribution in [0.2, 0.25) is 0 Å². The quantitative estimate of drug-likeness (QED) is 0.824. The van der Waals surface area contributed by atoms with E-state index in [9.17, 15) is 0 Å². The molecule has 2 N–H and O–H groups in total. The van der Waals surface area contributed by atoms with Crippen molar-refractivity contribution in [3.63, 3.8) is 0 Å². The van der Waals surface area contributed by atoms with Crippen molar-refractivity contribution in [1.29, 1.82) is 0 Å². The molecule has 0 saturated carbocycles. The normalized spacial score (nSPS) is 20.9. The van der Waals surface area contributed by atoms with Gasteiger partial charge in [0.05, 0.1) is 4.60 Å². The predicted octanol–water partition coefficient (Wildman–Crippen LogP) is 3.71. The fraction of sp³-hybridized carbons (Fsp3) is 0.429. The molecule has 2 nitrogen and oxygen atoms in total. The Bertz CT molecular complexity index is 538. The molecule has 3 heteroatoms. The Hall–Kier alpha value is -0.800. The number of fused-ring (bicyclic) bond motifs is 1. The maximum Gasteiger partial charge on any atom is 0.0860 e. The van der Waals surface area contributed by atoms with Crippen LogP contribution in [0.1, 0.15) is 29.9 Å². The Balaban J connectivity index is 2.14. The van der Waals surface area contributed by atoms with E-state index in [4.69, 9.17) is 0 Å². The van der Waals surface area contributed by atoms with E-state index in [0.717, 1.165) is 11.1 Å². The first-order valence-corrected chi connectivity index (χ1v) is 7.04. The van der Waals surface area contributed by atoms with Crippen LogP contribution in [0.15, 0.2) is 22.8 Å². The van der Waals surface area contributed by atoms with E-state index < -0.39 is 0 Å². The van der Waals surface area contributed by atoms with Crippen molar-refractivity contribution >= 4 is 26.8 Å². The Morgan fingerprint density at radius 3 is 3.00 bits per heavy atom. The highest BCUT2D eigenvalue weighted by Gasteiger charge is 2.19. The van der Waals surface area contributed by atoms with Crippen LogP contribution in [0, 0.1) is 6.92 Å². The summed E-state index contributed by atoms with van der Waals surface area (Å²) in [6.07, 6.45) is 2.58. The number of aromatic nitrogens is 1. The van der Waals surface area contributed by atoms with Gasteiger partial charge in [-0.1, -0.05) is 12.1 Å². The van der Waals surface area contributed by atoms with E-state index in [-0.39, 0.29) is 0 Å². The second-order valence-corrected chi connectivity index (χ2v) is 5.67. The Labute approximate surface area is 110 Å². The highest BCUT2D eigenvalue weighted by atomic mass is 79.9. The summed E-state index contributed by atoms with van der Waals surface area (Å²) in [7, 11) is 0. The number of hydrogen-bond donors (Lipinski definition) is 2. The van der Waals surface area contributed by atoms with Gasteiger partial charge in [-0.2, -0.15) is 0 Å². The molecular formula is C14H17BrN2. The van der Waals surface area contributed by atoms with Crippen LogP contribution in [-0.2, 0) is 0 Å². The summed E-state index contributed by atoms with van der Waals surface area (Å²) in [5.41, 5.74) is 4.08. The largest absolute Gasteiger partial charge is 0.349 e. The molecule has 0 aliphatic carbocycles. The maximum absolute atomic E-state index is 3.60. The highest BCUT2D eigenvalue weighted by molar-refractivity contribution is 9.10. The molecule has 0 spiro atoms. The van der Waals surface area contributed by atoms with Gasteiger partial charge in [-0.05, 0) is 65.4 Å². The summed E-state index contributed by atoms with van der Waals surface area (Å²) >= 11 is 3.60. The Morgan fingerprint density at radius 2 is 2.24 bits per heavy atom. The molecule has 0 radical (unpaired) electrons. The molecule has 1 aromatic heterocycles. The van der Waals surface area contributed by atoms with Crippen LogP contribution in [0.4, 0.5) is 0 Å². The molecular weight excluding hydrogens is 276 g/mol. The van der Waals surface area contributed by atoms with Crippen LogP contribution in [-0.4, -0.2) is 18.1 Å². The lowest BCUT2D eigenvalue weighted by Gasteiger charge is -2.24. The number of hydrogen-bond acceptors (Lipinski definition) is 1. The third kappa shape index (κ3) is 1.91. The molecule has 2 heterocycles. The van der Waals surface area contributed by atoms with Crippen LogP contribution in [0.25, 0.3) is 10.9 Å². The number of benzene rings is 1. The fourth-order valence-electron chi connectivity index (χ4n) is 2.87. The fourth-order valence-corrected chi connectivity index (χ4v) is 3.28. The molecule has 1 aromatic carbocycles. The lowest BCUT2D eigenvalue weighted by molar-refractivity contribution is 0.463. The number of piperidine rings is 1. The zero-order chi connectivity index (χ0) is 11.8. The van der Waals surface area contributed by atoms with E-state index in [1.54, 1.807) is 0 Å². The van der Waals surface area contributed by atoms with Gasteiger partial charge in [0.15, 0.2) is 0 Å². The number of aryl methyl sites for hydroxylation is 1. The average molecular weight is 293 g/mol. The summed E-state index contributed by atoms with van der Waals surface area (Å²) in [6.45, 7) is 4.46. The van der Waals surface area contributed by atoms with Crippen molar-refractivity contribution in [2.45, 2.75) is 25.7 Å². The van der Waals surface area contributed by atoms with Gasteiger partial charge in [-0.15, -0.1) is 0 Å². The van der Waals surface area contributed by atoms with Crippen LogP contribution in [0.3, 0.4) is 0 Å². The predicted molar refractivity (Wildman–Crippen MR) is 75.6 cm³/mol. The zero-order valence-electron chi connectivity index (χ0n) is 10.0. The summed E-state index contributed by atoms with van der Waals surface area (Å²) in [4.78, 5) is 3.40. The molecule has 2 aromatic rings. The molecule has 1 saturated heterocycles. The molecule has 1 aliphatic heterocycles. The van der Waals surface area contributed by atoms with E-state index in [0.29, 0.717) is 5.92 Å². The van der Waals surface area contributed by atoms with Crippen molar-refractivity contribution in [3.05, 3.63) is 33.9 Å². The standard InChI is InChI=1S/C14H17BrN2/c1-9-13-11(10-4-3-7-16-8-10)5-2-6-12(13)17-14(9)15/h2,5-6,10,16-17H,3-4,7-8H2,1H3. The van der Waals surface area contributed by atoms with E-state index >= 15 is 0 Å². The number of rotatable bonds is 1. The minimum atomic E-state index is 0.661. The van der Waals surface area contributed by atoms with Crippen molar-refractivity contribution in [3.8, 4) is 0 Å². The van der Waals surface area contributed by atoms with Crippen molar-refractivity contribution in [2.24, 2.45) is 0 Å². The lowest BCUT2D eigenvalue weighted by atomic mass is 9.88. The Kier molecular flexibility index (Phi) is 2.97. The van der Waals surface area contributed by atoms with Gasteiger partial charge in [0.25, 0.3) is 0 Å². The third-order valence-corrected chi connectivity index (χ3v) is 4.58. The average Bonchev–Trinajstić information content (AvgIpc) is 2.66. The first-order chi connectivity index (χ1) is 8.27. The number of nitrogens with one attached hydrogen (secondary N) is 2. The second kappa shape index (κ2) is 4.46. The van der Waals surface area contributed by atoms with Gasteiger partial charge in [-0.25, -0.2) is 0 Å². The Morgan fingerprint density at radius 1 is 1.35 bits per heavy atom. The molecule has 90 valence electrons. The van der Waals surface area contributed by atoms with Crippen molar-refractivity contribution < 1.29 is 0 Å². The smallest absolute Gasteiger partial charge is 0.0860 e. The number of halogens is 1. The van der Waals surface area contributed by atoms with E-state index in [1.165, 1.54) is 41.4 Å². The summed E-state index contributed by atoms with van der Waals surface area (Å²) in [5.74, 6) is 0.661. The molecule has 1 aliphatic rings. The lowest BCUT2D eigenvalue weighted by Crippen LogP contribution is -2.28. The van der Waals surface area contributed by atoms with Crippen molar-refractivity contribution in [1.82, 2.24) is 10.3 Å². The first kappa shape index (κ1) is 11.3. The van der Waals surface area contributed by atoms with Crippen LogP contribution >= 0.6 is 15.9 Å². The van der Waals surface area contributed by atoms with Gasteiger partial charge < -0.3 is 10.3 Å². The van der Waals surface area contributed by atoms with Crippen LogP contribution in [0.5, 0.6) is 0 Å². The monoisotopic (exact) mass is 292 g/mol. The molecule has 1 atom stereocenters. The van der Waals surface area contributed by atoms with Crippen LogP contribution < -0.4 is 5.32 Å². The number of aromatic amines is 1. The second-order valence-electron chi connectivity index (χ2n) is 4.88. The maximum atomic E-state index is 3.60. The van der Waals surface area contributed by atoms with Gasteiger partial charge in [-0.3, -0.25) is 0 Å². The molecule has 17 heavy (non-hydrogen) atoms. The van der Waals surface area contributed by atoms with E-state index in [1.807, 2.05) is 0 Å². The third-order valence-electron chi connectivity index (χ3n) is 3.78. The molecule has 1 unspecified atom stereocenters. The molecule has 0 amide bonds. The minimum Gasteiger partial charge on any atom is -0.349 e. The molecule has 0 bridgehead atoms. The molecule has 3 rings (SSSR count). The first-order valence-electron chi connectivity index (χ1n) is 6.25. The van der Waals surface area contributed by atoms with Gasteiger partial charge in [0, 0.05) is 17.4 Å². The topological polar surface area (TPSA) is 27.8 Å². The summed E-state index contributed by atoms with van der Waals surface area (Å²) < 4.78 is 1.11. The van der Waals surface area contributed by atoms with E-state index in [2.05, 4.69) is 51.4 Å². The number of H-pyrrole nitrogens is 1. The minimum absolute atomic E-state index is 0.661. The summed E-state index contributed by atoms with van der Waals surface area (Å²) in [5, 5.41) is 4.91. The SMILES string of the molecule is Cc1c(Br)[nH]c2cccc(C3CCCNC3)c12. The van der Waals surface area contributed by atoms with Gasteiger partial charge in [0.2, 0.25) is 0 Å². The zero-order valence-corrected chi connectivity index (χ0v) is 11.6. The van der Waals surface area contributed by atoms with Gasteiger partial charge in [0.1, 0.15) is 0 Å². The summed E-state index contributed by atoms with van der Waals surface area (Å²) in [6, 6.07) is 6.61.